The Morgan fingerprint density at radius 3 is 2.68 bits per heavy atom. The van der Waals surface area contributed by atoms with E-state index in [2.05, 4.69) is 5.32 Å². The summed E-state index contributed by atoms with van der Waals surface area (Å²) in [6.07, 6.45) is 3.27. The second-order valence-corrected chi connectivity index (χ2v) is 7.11. The van der Waals surface area contributed by atoms with Crippen LogP contribution in [0.3, 0.4) is 0 Å². The molecule has 25 heavy (non-hydrogen) atoms. The number of nitrogens with zero attached hydrogens (tertiary/aromatic N) is 1. The third-order valence-electron chi connectivity index (χ3n) is 5.81. The number of carbonyl (C=O) groups excluding carboxylic acids is 1. The number of likely N-dealkylation sites (tertiary alicyclic amines) is 1. The number of carbonyl (C=O) groups is 2. The van der Waals surface area contributed by atoms with E-state index >= 15 is 0 Å². The van der Waals surface area contributed by atoms with Crippen LogP contribution in [-0.2, 0) is 4.79 Å². The second kappa shape index (κ2) is 6.94. The fourth-order valence-electron chi connectivity index (χ4n) is 4.29. The van der Waals surface area contributed by atoms with Crippen LogP contribution >= 0.6 is 0 Å². The minimum absolute atomic E-state index is 0.0804. The molecule has 3 atom stereocenters. The van der Waals surface area contributed by atoms with Gasteiger partial charge >= 0.3 is 12.0 Å². The van der Waals surface area contributed by atoms with Gasteiger partial charge in [0.15, 0.2) is 0 Å². The molecule has 6 nitrogen and oxygen atoms in total. The van der Waals surface area contributed by atoms with Gasteiger partial charge in [-0.25, -0.2) is 4.79 Å². The third-order valence-corrected chi connectivity index (χ3v) is 5.81. The van der Waals surface area contributed by atoms with Crippen LogP contribution in [0.1, 0.15) is 44.2 Å². The number of hydrogen-bond acceptors (Lipinski definition) is 3. The summed E-state index contributed by atoms with van der Waals surface area (Å²) in [6.45, 7) is 2.88. The van der Waals surface area contributed by atoms with E-state index in [1.807, 2.05) is 31.2 Å². The highest BCUT2D eigenvalue weighted by Crippen LogP contribution is 2.48. The second-order valence-electron chi connectivity index (χ2n) is 7.11. The van der Waals surface area contributed by atoms with Crippen molar-refractivity contribution < 1.29 is 19.4 Å². The van der Waals surface area contributed by atoms with Crippen LogP contribution in [0.25, 0.3) is 0 Å². The fourth-order valence-corrected chi connectivity index (χ4v) is 4.29. The number of methoxy groups -OCH3 is 1. The molecule has 2 fully saturated rings. The van der Waals surface area contributed by atoms with Gasteiger partial charge in [-0.15, -0.1) is 0 Å². The summed E-state index contributed by atoms with van der Waals surface area (Å²) >= 11 is 0. The highest BCUT2D eigenvalue weighted by Gasteiger charge is 2.55. The zero-order chi connectivity index (χ0) is 18.0. The number of benzene rings is 1. The molecule has 1 aromatic carbocycles. The molecule has 2 aliphatic rings. The van der Waals surface area contributed by atoms with E-state index in [1.165, 1.54) is 0 Å². The minimum atomic E-state index is -0.757. The lowest BCUT2D eigenvalue weighted by molar-refractivity contribution is -0.149. The average molecular weight is 346 g/mol. The van der Waals surface area contributed by atoms with E-state index in [4.69, 9.17) is 4.74 Å². The molecule has 1 aliphatic carbocycles. The number of rotatable bonds is 5. The van der Waals surface area contributed by atoms with E-state index in [0.717, 1.165) is 30.6 Å². The Balaban J connectivity index is 1.67. The molecule has 0 bridgehead atoms. The largest absolute Gasteiger partial charge is 0.497 e. The number of aliphatic carboxylic acids is 1. The molecule has 0 radical (unpaired) electrons. The maximum Gasteiger partial charge on any atom is 0.317 e. The first-order valence-corrected chi connectivity index (χ1v) is 8.93. The van der Waals surface area contributed by atoms with E-state index < -0.39 is 11.4 Å². The van der Waals surface area contributed by atoms with E-state index in [9.17, 15) is 14.7 Å². The maximum absolute atomic E-state index is 12.7. The number of nitrogens with one attached hydrogen (secondary N) is 1. The molecular weight excluding hydrogens is 320 g/mol. The van der Waals surface area contributed by atoms with Crippen LogP contribution in [-0.4, -0.2) is 42.2 Å². The summed E-state index contributed by atoms with van der Waals surface area (Å²) in [6, 6.07) is 7.39. The standard InChI is InChI=1S/C19H26N2O4/c1-3-16(13-6-8-15(25-2)9-7-13)20-18(24)21-11-14-5-4-10-19(14,12-21)17(22)23/h6-9,14,16H,3-5,10-12H2,1-2H3,(H,20,24)(H,22,23)/t14-,16?,19+/m0/s1. The van der Waals surface area contributed by atoms with Crippen molar-refractivity contribution in [2.45, 2.75) is 38.6 Å². The van der Waals surface area contributed by atoms with Crippen LogP contribution < -0.4 is 10.1 Å². The SMILES string of the molecule is CCC(NC(=O)N1C[C@@H]2CCC[C@@]2(C(=O)O)C1)c1ccc(OC)cc1. The Bertz CT molecular complexity index is 645. The molecule has 0 aromatic heterocycles. The molecule has 6 heteroatoms. The van der Waals surface area contributed by atoms with Crippen molar-refractivity contribution >= 4 is 12.0 Å². The molecule has 2 N–H and O–H groups in total. The Kier molecular flexibility index (Phi) is 4.88. The van der Waals surface area contributed by atoms with Crippen molar-refractivity contribution in [1.29, 1.82) is 0 Å². The lowest BCUT2D eigenvalue weighted by atomic mass is 9.81. The van der Waals surface area contributed by atoms with Crippen molar-refractivity contribution in [1.82, 2.24) is 10.2 Å². The number of hydrogen-bond donors (Lipinski definition) is 2. The van der Waals surface area contributed by atoms with Crippen molar-refractivity contribution in [3.63, 3.8) is 0 Å². The van der Waals surface area contributed by atoms with Gasteiger partial charge in [-0.2, -0.15) is 0 Å². The van der Waals surface area contributed by atoms with E-state index in [1.54, 1.807) is 12.0 Å². The molecule has 1 heterocycles. The normalized spacial score (nSPS) is 26.2. The molecule has 3 rings (SSSR count). The van der Waals surface area contributed by atoms with Gasteiger partial charge in [-0.05, 0) is 42.9 Å². The fraction of sp³-hybridized carbons (Fsp3) is 0.579. The monoisotopic (exact) mass is 346 g/mol. The van der Waals surface area contributed by atoms with Gasteiger partial charge in [-0.3, -0.25) is 4.79 Å². The molecule has 2 amide bonds. The van der Waals surface area contributed by atoms with Gasteiger partial charge in [0.25, 0.3) is 0 Å². The average Bonchev–Trinajstić information content (AvgIpc) is 3.18. The summed E-state index contributed by atoms with van der Waals surface area (Å²) in [5.41, 5.74) is 0.281. The Hall–Kier alpha value is -2.24. The van der Waals surface area contributed by atoms with Crippen LogP contribution in [0.15, 0.2) is 24.3 Å². The first-order chi connectivity index (χ1) is 12.0. The first kappa shape index (κ1) is 17.6. The van der Waals surface area contributed by atoms with Crippen molar-refractivity contribution in [2.24, 2.45) is 11.3 Å². The van der Waals surface area contributed by atoms with Gasteiger partial charge < -0.3 is 20.1 Å². The number of urea groups is 1. The van der Waals surface area contributed by atoms with Crippen LogP contribution in [0.4, 0.5) is 4.79 Å². The van der Waals surface area contributed by atoms with Gasteiger partial charge in [0.1, 0.15) is 5.75 Å². The van der Waals surface area contributed by atoms with Crippen LogP contribution in [0.2, 0.25) is 0 Å². The Morgan fingerprint density at radius 2 is 2.12 bits per heavy atom. The predicted octanol–water partition coefficient (Wildman–Crippen LogP) is 3.04. The highest BCUT2D eigenvalue weighted by atomic mass is 16.5. The highest BCUT2D eigenvalue weighted by molar-refractivity contribution is 5.80. The topological polar surface area (TPSA) is 78.9 Å². The minimum Gasteiger partial charge on any atom is -0.497 e. The predicted molar refractivity (Wildman–Crippen MR) is 93.5 cm³/mol. The smallest absolute Gasteiger partial charge is 0.317 e. The number of fused-ring (bicyclic) bond motifs is 1. The molecule has 1 aliphatic heterocycles. The van der Waals surface area contributed by atoms with Crippen molar-refractivity contribution in [2.75, 3.05) is 20.2 Å². The molecule has 1 saturated carbocycles. The third kappa shape index (κ3) is 3.17. The summed E-state index contributed by atoms with van der Waals surface area (Å²) in [7, 11) is 1.62. The Morgan fingerprint density at radius 1 is 1.40 bits per heavy atom. The molecular formula is C19H26N2O4. The van der Waals surface area contributed by atoms with Crippen molar-refractivity contribution in [3.8, 4) is 5.75 Å². The molecule has 1 aromatic rings. The summed E-state index contributed by atoms with van der Waals surface area (Å²) in [5.74, 6) is 0.102. The van der Waals surface area contributed by atoms with Gasteiger partial charge in [0, 0.05) is 13.1 Å². The number of amides is 2. The first-order valence-electron chi connectivity index (χ1n) is 8.93. The zero-order valence-electron chi connectivity index (χ0n) is 14.8. The zero-order valence-corrected chi connectivity index (χ0v) is 14.8. The number of carboxylic acids is 1. The van der Waals surface area contributed by atoms with E-state index in [-0.39, 0.29) is 18.0 Å². The van der Waals surface area contributed by atoms with Crippen molar-refractivity contribution in [3.05, 3.63) is 29.8 Å². The quantitative estimate of drug-likeness (QED) is 0.859. The number of carboxylic acid groups (broad SMARTS) is 1. The molecule has 1 unspecified atom stereocenters. The van der Waals surface area contributed by atoms with Gasteiger partial charge in [0.2, 0.25) is 0 Å². The van der Waals surface area contributed by atoms with Crippen LogP contribution in [0, 0.1) is 11.3 Å². The summed E-state index contributed by atoms with van der Waals surface area (Å²) < 4.78 is 5.17. The molecule has 1 saturated heterocycles. The maximum atomic E-state index is 12.7. The summed E-state index contributed by atoms with van der Waals surface area (Å²) in [5, 5.41) is 12.7. The van der Waals surface area contributed by atoms with Gasteiger partial charge in [0.05, 0.1) is 18.6 Å². The van der Waals surface area contributed by atoms with E-state index in [0.29, 0.717) is 19.5 Å². The lowest BCUT2D eigenvalue weighted by Crippen LogP contribution is -2.42. The summed E-state index contributed by atoms with van der Waals surface area (Å²) in [4.78, 5) is 26.2. The van der Waals surface area contributed by atoms with Gasteiger partial charge in [-0.1, -0.05) is 25.5 Å². The molecule has 136 valence electrons. The lowest BCUT2D eigenvalue weighted by Gasteiger charge is -2.25. The number of ether oxygens (including phenoxy) is 1. The molecule has 0 spiro atoms. The van der Waals surface area contributed by atoms with Crippen LogP contribution in [0.5, 0.6) is 5.75 Å². The Labute approximate surface area is 148 Å².